The van der Waals surface area contributed by atoms with Crippen molar-refractivity contribution in [1.82, 2.24) is 0 Å². The third kappa shape index (κ3) is 6.06. The van der Waals surface area contributed by atoms with E-state index in [0.29, 0.717) is 17.1 Å². The molecule has 5 N–H and O–H groups in total. The summed E-state index contributed by atoms with van der Waals surface area (Å²) in [6, 6.07) is 13.9. The molecule has 0 saturated carbocycles. The molecule has 0 radical (unpaired) electrons. The molecule has 2 aromatic rings. The highest BCUT2D eigenvalue weighted by atomic mass is 35.5. The largest absolute Gasteiger partial charge is 0.327 e. The Bertz CT molecular complexity index is 750. The van der Waals surface area contributed by atoms with Gasteiger partial charge in [0.1, 0.15) is 0 Å². The minimum atomic E-state index is -0.351. The number of benzene rings is 2. The van der Waals surface area contributed by atoms with Gasteiger partial charge in [-0.05, 0) is 43.7 Å². The number of rotatable bonds is 5. The molecule has 0 aromatic heterocycles. The van der Waals surface area contributed by atoms with Crippen LogP contribution in [0.15, 0.2) is 48.5 Å². The Morgan fingerprint density at radius 2 is 1.54 bits per heavy atom. The molecule has 0 heterocycles. The number of halogens is 1. The molecule has 0 spiro atoms. The second-order valence-corrected chi connectivity index (χ2v) is 6.11. The van der Waals surface area contributed by atoms with Crippen LogP contribution >= 0.6 is 12.4 Å². The molecule has 0 aliphatic carbocycles. The highest BCUT2D eigenvalue weighted by Crippen LogP contribution is 2.21. The van der Waals surface area contributed by atoms with Gasteiger partial charge in [-0.25, -0.2) is 4.79 Å². The number of para-hydroxylation sites is 1. The molecule has 0 aliphatic rings. The van der Waals surface area contributed by atoms with Crippen molar-refractivity contribution in [2.24, 2.45) is 11.7 Å². The maximum absolute atomic E-state index is 12.2. The quantitative estimate of drug-likeness (QED) is 0.635. The van der Waals surface area contributed by atoms with E-state index in [1.165, 1.54) is 0 Å². The Labute approximate surface area is 160 Å². The van der Waals surface area contributed by atoms with Gasteiger partial charge in [0, 0.05) is 23.1 Å². The predicted molar refractivity (Wildman–Crippen MR) is 109 cm³/mol. The predicted octanol–water partition coefficient (Wildman–Crippen LogP) is 3.98. The Morgan fingerprint density at radius 1 is 0.923 bits per heavy atom. The summed E-state index contributed by atoms with van der Waals surface area (Å²) in [6.45, 7) is 5.47. The van der Waals surface area contributed by atoms with Crippen molar-refractivity contribution in [2.75, 3.05) is 16.0 Å². The van der Waals surface area contributed by atoms with Gasteiger partial charge in [0.05, 0.1) is 5.92 Å². The summed E-state index contributed by atoms with van der Waals surface area (Å²) in [5.41, 5.74) is 8.61. The fourth-order valence-corrected chi connectivity index (χ4v) is 2.13. The summed E-state index contributed by atoms with van der Waals surface area (Å²) in [6.07, 6.45) is 0. The lowest BCUT2D eigenvalue weighted by molar-refractivity contribution is -0.119. The highest BCUT2D eigenvalue weighted by molar-refractivity contribution is 6.00. The molecule has 26 heavy (non-hydrogen) atoms. The van der Waals surface area contributed by atoms with Crippen molar-refractivity contribution < 1.29 is 9.59 Å². The molecule has 2 aromatic carbocycles. The van der Waals surface area contributed by atoms with Gasteiger partial charge in [-0.2, -0.15) is 0 Å². The zero-order chi connectivity index (χ0) is 18.4. The summed E-state index contributed by atoms with van der Waals surface area (Å²) < 4.78 is 0. The first-order chi connectivity index (χ1) is 11.9. The standard InChI is InChI=1S/C19H24N4O2.ClH/c1-12-9-10-16(11-17(12)23-18(24)13(2)14(3)20)22-19(25)21-15-7-5-4-6-8-15;/h4-11,13-14H,20H2,1-3H3,(H,23,24)(H2,21,22,25);1H. The number of hydrogen-bond acceptors (Lipinski definition) is 3. The molecular weight excluding hydrogens is 352 g/mol. The number of amides is 3. The Morgan fingerprint density at radius 3 is 2.15 bits per heavy atom. The third-order valence-electron chi connectivity index (χ3n) is 3.99. The summed E-state index contributed by atoms with van der Waals surface area (Å²) in [5.74, 6) is -0.457. The Balaban J connectivity index is 0.00000338. The zero-order valence-electron chi connectivity index (χ0n) is 15.1. The summed E-state index contributed by atoms with van der Waals surface area (Å²) in [4.78, 5) is 24.3. The van der Waals surface area contributed by atoms with Gasteiger partial charge in [-0.1, -0.05) is 31.2 Å². The van der Waals surface area contributed by atoms with Gasteiger partial charge >= 0.3 is 6.03 Å². The molecule has 2 rings (SSSR count). The van der Waals surface area contributed by atoms with E-state index in [0.717, 1.165) is 5.56 Å². The molecule has 2 atom stereocenters. The molecule has 2 unspecified atom stereocenters. The third-order valence-corrected chi connectivity index (χ3v) is 3.99. The van der Waals surface area contributed by atoms with Crippen LogP contribution in [0.25, 0.3) is 0 Å². The van der Waals surface area contributed by atoms with E-state index in [9.17, 15) is 9.59 Å². The van der Waals surface area contributed by atoms with Crippen LogP contribution in [0.2, 0.25) is 0 Å². The first-order valence-corrected chi connectivity index (χ1v) is 8.17. The first-order valence-electron chi connectivity index (χ1n) is 8.17. The lowest BCUT2D eigenvalue weighted by Crippen LogP contribution is -2.34. The molecule has 140 valence electrons. The molecular formula is C19H25ClN4O2. The lowest BCUT2D eigenvalue weighted by Gasteiger charge is -2.17. The van der Waals surface area contributed by atoms with Crippen LogP contribution in [0.1, 0.15) is 19.4 Å². The maximum Gasteiger partial charge on any atom is 0.323 e. The molecule has 0 fully saturated rings. The first kappa shape index (κ1) is 21.5. The summed E-state index contributed by atoms with van der Waals surface area (Å²) in [5, 5.41) is 8.37. The van der Waals surface area contributed by atoms with E-state index in [1.807, 2.05) is 31.2 Å². The molecule has 0 bridgehead atoms. The van der Waals surface area contributed by atoms with Crippen LogP contribution in [0.3, 0.4) is 0 Å². The second-order valence-electron chi connectivity index (χ2n) is 6.11. The van der Waals surface area contributed by atoms with Gasteiger partial charge < -0.3 is 21.7 Å². The number of carbonyl (C=O) groups excluding carboxylic acids is 2. The van der Waals surface area contributed by atoms with Crippen LogP contribution in [0, 0.1) is 12.8 Å². The highest BCUT2D eigenvalue weighted by Gasteiger charge is 2.18. The fraction of sp³-hybridized carbons (Fsp3) is 0.263. The van der Waals surface area contributed by atoms with E-state index in [2.05, 4.69) is 16.0 Å². The van der Waals surface area contributed by atoms with E-state index >= 15 is 0 Å². The van der Waals surface area contributed by atoms with Crippen molar-refractivity contribution in [3.8, 4) is 0 Å². The Hall–Kier alpha value is -2.57. The molecule has 0 aliphatic heterocycles. The SMILES string of the molecule is Cc1ccc(NC(=O)Nc2ccccc2)cc1NC(=O)C(C)C(C)N.Cl. The second kappa shape index (κ2) is 9.79. The topological polar surface area (TPSA) is 96.2 Å². The van der Waals surface area contributed by atoms with E-state index in [-0.39, 0.29) is 36.3 Å². The van der Waals surface area contributed by atoms with Crippen molar-refractivity contribution in [1.29, 1.82) is 0 Å². The molecule has 6 nitrogen and oxygen atoms in total. The lowest BCUT2D eigenvalue weighted by atomic mass is 10.0. The molecule has 0 saturated heterocycles. The zero-order valence-corrected chi connectivity index (χ0v) is 15.9. The van der Waals surface area contributed by atoms with Crippen molar-refractivity contribution >= 4 is 41.4 Å². The van der Waals surface area contributed by atoms with Crippen molar-refractivity contribution in [3.05, 3.63) is 54.1 Å². The number of nitrogens with one attached hydrogen (secondary N) is 3. The number of carbonyl (C=O) groups is 2. The fourth-order valence-electron chi connectivity index (χ4n) is 2.13. The maximum atomic E-state index is 12.2. The van der Waals surface area contributed by atoms with Crippen LogP contribution in [0.4, 0.5) is 21.9 Å². The average Bonchev–Trinajstić information content (AvgIpc) is 2.57. The average molecular weight is 377 g/mol. The number of anilines is 3. The van der Waals surface area contributed by atoms with Gasteiger partial charge in [0.15, 0.2) is 0 Å². The smallest absolute Gasteiger partial charge is 0.323 e. The van der Waals surface area contributed by atoms with Crippen LogP contribution in [0.5, 0.6) is 0 Å². The van der Waals surface area contributed by atoms with Crippen molar-refractivity contribution in [3.63, 3.8) is 0 Å². The number of nitrogens with two attached hydrogens (primary N) is 1. The number of hydrogen-bond donors (Lipinski definition) is 4. The van der Waals surface area contributed by atoms with E-state index < -0.39 is 0 Å². The minimum absolute atomic E-state index is 0. The van der Waals surface area contributed by atoms with Gasteiger partial charge in [0.2, 0.25) is 5.91 Å². The van der Waals surface area contributed by atoms with Crippen molar-refractivity contribution in [2.45, 2.75) is 26.8 Å². The minimum Gasteiger partial charge on any atom is -0.327 e. The normalized spacial score (nSPS) is 12.3. The van der Waals surface area contributed by atoms with Gasteiger partial charge in [-0.15, -0.1) is 12.4 Å². The van der Waals surface area contributed by atoms with Crippen LogP contribution < -0.4 is 21.7 Å². The summed E-state index contributed by atoms with van der Waals surface area (Å²) >= 11 is 0. The van der Waals surface area contributed by atoms with Gasteiger partial charge in [-0.3, -0.25) is 4.79 Å². The molecule has 7 heteroatoms. The van der Waals surface area contributed by atoms with E-state index in [1.54, 1.807) is 38.1 Å². The molecule has 3 amide bonds. The monoisotopic (exact) mass is 376 g/mol. The van der Waals surface area contributed by atoms with Crippen LogP contribution in [-0.2, 0) is 4.79 Å². The summed E-state index contributed by atoms with van der Waals surface area (Å²) in [7, 11) is 0. The Kier molecular flexibility index (Phi) is 8.09. The van der Waals surface area contributed by atoms with Gasteiger partial charge in [0.25, 0.3) is 0 Å². The number of aryl methyl sites for hydroxylation is 1. The van der Waals surface area contributed by atoms with Crippen LogP contribution in [-0.4, -0.2) is 18.0 Å². The van der Waals surface area contributed by atoms with E-state index in [4.69, 9.17) is 5.73 Å². The number of urea groups is 1.